The zero-order valence-electron chi connectivity index (χ0n) is 26.5. The molecule has 0 aliphatic heterocycles. The molecule has 0 saturated carbocycles. The second kappa shape index (κ2) is 9.55. The van der Waals surface area contributed by atoms with E-state index in [1.807, 2.05) is 18.2 Å². The predicted octanol–water partition coefficient (Wildman–Crippen LogP) is 10.6. The molecular weight excluding hydrogens is 558 g/mol. The number of hydrogen-bond acceptors (Lipinski definition) is 3. The molecule has 0 bridgehead atoms. The first kappa shape index (κ1) is 26.9. The molecule has 3 heteroatoms. The molecule has 6 aromatic carbocycles. The average Bonchev–Trinajstić information content (AvgIpc) is 3.46. The van der Waals surface area contributed by atoms with Crippen LogP contribution in [-0.2, 0) is 10.8 Å². The number of nitrogens with zero attached hydrogens (tertiary/aromatic N) is 3. The number of rotatable bonds is 3. The van der Waals surface area contributed by atoms with Crippen molar-refractivity contribution in [1.82, 2.24) is 15.0 Å². The Morgan fingerprint density at radius 2 is 0.848 bits per heavy atom. The highest BCUT2D eigenvalue weighted by molar-refractivity contribution is 5.91. The Bertz CT molecular complexity index is 2370. The molecule has 46 heavy (non-hydrogen) atoms. The van der Waals surface area contributed by atoms with Crippen molar-refractivity contribution in [2.45, 2.75) is 38.5 Å². The molecule has 0 saturated heterocycles. The van der Waals surface area contributed by atoms with Crippen LogP contribution < -0.4 is 0 Å². The first-order valence-corrected chi connectivity index (χ1v) is 16.0. The maximum Gasteiger partial charge on any atom is 0.164 e. The van der Waals surface area contributed by atoms with Crippen LogP contribution in [0.4, 0.5) is 0 Å². The summed E-state index contributed by atoms with van der Waals surface area (Å²) in [5.41, 5.74) is 13.6. The Kier molecular flexibility index (Phi) is 5.59. The van der Waals surface area contributed by atoms with Crippen LogP contribution in [0, 0.1) is 0 Å². The van der Waals surface area contributed by atoms with E-state index in [0.29, 0.717) is 17.5 Å². The van der Waals surface area contributed by atoms with Gasteiger partial charge in [-0.2, -0.15) is 0 Å². The van der Waals surface area contributed by atoms with Gasteiger partial charge in [0.25, 0.3) is 0 Å². The lowest BCUT2D eigenvalue weighted by Crippen LogP contribution is -2.17. The third-order valence-electron chi connectivity index (χ3n) is 10.3. The lowest BCUT2D eigenvalue weighted by Gasteiger charge is -2.24. The van der Waals surface area contributed by atoms with Crippen LogP contribution in [0.5, 0.6) is 0 Å². The second-order valence-corrected chi connectivity index (χ2v) is 13.7. The Labute approximate surface area is 269 Å². The topological polar surface area (TPSA) is 38.7 Å². The number of aromatic nitrogens is 3. The lowest BCUT2D eigenvalue weighted by molar-refractivity contribution is 0.652. The molecule has 0 radical (unpaired) electrons. The van der Waals surface area contributed by atoms with Gasteiger partial charge in [-0.1, -0.05) is 131 Å². The van der Waals surface area contributed by atoms with Crippen LogP contribution in [-0.4, -0.2) is 15.0 Å². The van der Waals surface area contributed by atoms with Gasteiger partial charge in [-0.25, -0.2) is 15.0 Å². The van der Waals surface area contributed by atoms with Crippen molar-refractivity contribution >= 4 is 10.8 Å². The molecule has 7 aromatic rings. The summed E-state index contributed by atoms with van der Waals surface area (Å²) in [6.45, 7) is 9.41. The Morgan fingerprint density at radius 1 is 0.348 bits per heavy atom. The molecule has 0 fully saturated rings. The van der Waals surface area contributed by atoms with Gasteiger partial charge in [-0.05, 0) is 79.5 Å². The van der Waals surface area contributed by atoms with Crippen molar-refractivity contribution in [2.24, 2.45) is 0 Å². The van der Waals surface area contributed by atoms with E-state index < -0.39 is 0 Å². The maximum absolute atomic E-state index is 5.10. The minimum absolute atomic E-state index is 0.0360. The lowest BCUT2D eigenvalue weighted by atomic mass is 9.79. The van der Waals surface area contributed by atoms with E-state index >= 15 is 0 Å². The van der Waals surface area contributed by atoms with E-state index in [-0.39, 0.29) is 10.8 Å². The van der Waals surface area contributed by atoms with Gasteiger partial charge in [0.1, 0.15) is 0 Å². The first-order valence-electron chi connectivity index (χ1n) is 16.0. The van der Waals surface area contributed by atoms with Crippen molar-refractivity contribution in [2.75, 3.05) is 0 Å². The normalized spacial score (nSPS) is 14.9. The molecule has 2 aliphatic carbocycles. The van der Waals surface area contributed by atoms with Crippen LogP contribution >= 0.6 is 0 Å². The van der Waals surface area contributed by atoms with E-state index in [4.69, 9.17) is 15.0 Å². The molecule has 0 atom stereocenters. The van der Waals surface area contributed by atoms with E-state index in [1.54, 1.807) is 0 Å². The average molecular weight is 592 g/mol. The van der Waals surface area contributed by atoms with Crippen molar-refractivity contribution < 1.29 is 0 Å². The fourth-order valence-corrected chi connectivity index (χ4v) is 7.75. The summed E-state index contributed by atoms with van der Waals surface area (Å²) in [6, 6.07) is 45.6. The van der Waals surface area contributed by atoms with Crippen LogP contribution in [0.2, 0.25) is 0 Å². The fraction of sp³-hybridized carbons (Fsp3) is 0.140. The van der Waals surface area contributed by atoms with Crippen molar-refractivity contribution in [3.8, 4) is 56.4 Å². The van der Waals surface area contributed by atoms with E-state index in [9.17, 15) is 0 Å². The molecule has 0 amide bonds. The highest BCUT2D eigenvalue weighted by Crippen LogP contribution is 2.56. The first-order chi connectivity index (χ1) is 22.3. The Balaban J connectivity index is 1.20. The summed E-state index contributed by atoms with van der Waals surface area (Å²) in [4.78, 5) is 15.1. The highest BCUT2D eigenvalue weighted by atomic mass is 15.0. The van der Waals surface area contributed by atoms with Crippen molar-refractivity contribution in [1.29, 1.82) is 0 Å². The predicted molar refractivity (Wildman–Crippen MR) is 189 cm³/mol. The monoisotopic (exact) mass is 591 g/mol. The van der Waals surface area contributed by atoms with Gasteiger partial charge in [0, 0.05) is 27.5 Å². The van der Waals surface area contributed by atoms with Crippen LogP contribution in [0.1, 0.15) is 49.9 Å². The summed E-state index contributed by atoms with van der Waals surface area (Å²) in [5.74, 6) is 2.04. The van der Waals surface area contributed by atoms with Crippen molar-refractivity contribution in [3.05, 3.63) is 150 Å². The van der Waals surface area contributed by atoms with Gasteiger partial charge in [0.05, 0.1) is 0 Å². The third kappa shape index (κ3) is 3.88. The molecule has 0 unspecified atom stereocenters. The quantitative estimate of drug-likeness (QED) is 0.205. The summed E-state index contributed by atoms with van der Waals surface area (Å²) in [5, 5.41) is 2.36. The molecule has 1 aromatic heterocycles. The molecule has 0 spiro atoms. The van der Waals surface area contributed by atoms with Crippen molar-refractivity contribution in [3.63, 3.8) is 0 Å². The van der Waals surface area contributed by atoms with Gasteiger partial charge in [-0.3, -0.25) is 0 Å². The number of benzene rings is 6. The number of fused-ring (bicyclic) bond motifs is 7. The summed E-state index contributed by atoms with van der Waals surface area (Å²) in [7, 11) is 0. The van der Waals surface area contributed by atoms with Gasteiger partial charge >= 0.3 is 0 Å². The SMILES string of the molecule is CC1(C)c2ccccc2-c2cc3c(cc21)-c1ccc(-c2nc(-c4ccccc4)nc(-c4ccc5ccccc5c4)n2)cc1C3(C)C. The molecular formula is C43H33N3. The zero-order valence-corrected chi connectivity index (χ0v) is 26.5. The molecule has 2 aliphatic rings. The number of hydrogen-bond donors (Lipinski definition) is 0. The molecule has 9 rings (SSSR count). The fourth-order valence-electron chi connectivity index (χ4n) is 7.75. The van der Waals surface area contributed by atoms with Gasteiger partial charge in [0.15, 0.2) is 17.5 Å². The minimum Gasteiger partial charge on any atom is -0.208 e. The standard InChI is InChI=1S/C43H33N3/c1-42(2)35-17-11-10-16-31(35)33-24-38-34(25-37(33)42)32-21-20-30(23-36(32)43(38,3)4)41-45-39(27-13-6-5-7-14-27)44-40(46-41)29-19-18-26-12-8-9-15-28(26)22-29/h5-25H,1-4H3. The highest BCUT2D eigenvalue weighted by Gasteiger charge is 2.41. The van der Waals surface area contributed by atoms with E-state index in [1.165, 1.54) is 49.9 Å². The molecule has 0 N–H and O–H groups in total. The Morgan fingerprint density at radius 3 is 1.57 bits per heavy atom. The van der Waals surface area contributed by atoms with Crippen LogP contribution in [0.3, 0.4) is 0 Å². The summed E-state index contributed by atoms with van der Waals surface area (Å²) < 4.78 is 0. The van der Waals surface area contributed by atoms with Gasteiger partial charge in [0.2, 0.25) is 0 Å². The summed E-state index contributed by atoms with van der Waals surface area (Å²) in [6.07, 6.45) is 0. The largest absolute Gasteiger partial charge is 0.208 e. The second-order valence-electron chi connectivity index (χ2n) is 13.7. The summed E-state index contributed by atoms with van der Waals surface area (Å²) >= 11 is 0. The smallest absolute Gasteiger partial charge is 0.164 e. The van der Waals surface area contributed by atoms with Crippen LogP contribution in [0.25, 0.3) is 67.2 Å². The third-order valence-corrected chi connectivity index (χ3v) is 10.3. The maximum atomic E-state index is 5.10. The van der Waals surface area contributed by atoms with E-state index in [0.717, 1.165) is 22.1 Å². The van der Waals surface area contributed by atoms with E-state index in [2.05, 4.69) is 137 Å². The minimum atomic E-state index is -0.173. The molecule has 220 valence electrons. The van der Waals surface area contributed by atoms with Gasteiger partial charge in [-0.15, -0.1) is 0 Å². The Hall–Kier alpha value is -5.41. The molecule has 3 nitrogen and oxygen atoms in total. The van der Waals surface area contributed by atoms with Gasteiger partial charge < -0.3 is 0 Å². The molecule has 1 heterocycles. The zero-order chi connectivity index (χ0) is 31.2. The van der Waals surface area contributed by atoms with Crippen LogP contribution in [0.15, 0.2) is 127 Å².